The second-order valence-corrected chi connectivity index (χ2v) is 4.71. The molecule has 0 atom stereocenters. The molecule has 0 heterocycles. The lowest BCUT2D eigenvalue weighted by Crippen LogP contribution is -2.05. The van der Waals surface area contributed by atoms with Gasteiger partial charge in [-0.25, -0.2) is 0 Å². The van der Waals surface area contributed by atoms with Crippen molar-refractivity contribution in [2.75, 3.05) is 7.11 Å². The number of esters is 1. The molecule has 0 bridgehead atoms. The minimum Gasteiger partial charge on any atom is -0.469 e. The standard InChI is InChI=1S/C10H9Br2ClO2/c1-15-9(14)4-6-2-8(13)3-7(5-11)10(6)12/h2-3H,4-5H2,1H3. The highest BCUT2D eigenvalue weighted by atomic mass is 79.9. The summed E-state index contributed by atoms with van der Waals surface area (Å²) in [6, 6.07) is 3.61. The molecule has 1 aromatic rings. The molecule has 0 spiro atoms. The summed E-state index contributed by atoms with van der Waals surface area (Å²) in [5, 5.41) is 1.30. The summed E-state index contributed by atoms with van der Waals surface area (Å²) in [5.74, 6) is -0.279. The van der Waals surface area contributed by atoms with Gasteiger partial charge in [-0.15, -0.1) is 0 Å². The lowest BCUT2D eigenvalue weighted by molar-refractivity contribution is -0.139. The van der Waals surface area contributed by atoms with E-state index in [9.17, 15) is 4.79 Å². The number of benzene rings is 1. The topological polar surface area (TPSA) is 26.3 Å². The van der Waals surface area contributed by atoms with Crippen molar-refractivity contribution < 1.29 is 9.53 Å². The number of hydrogen-bond donors (Lipinski definition) is 0. The maximum absolute atomic E-state index is 11.1. The third-order valence-electron chi connectivity index (χ3n) is 1.89. The molecule has 82 valence electrons. The van der Waals surface area contributed by atoms with Crippen molar-refractivity contribution >= 4 is 49.4 Å². The van der Waals surface area contributed by atoms with E-state index in [1.807, 2.05) is 6.07 Å². The van der Waals surface area contributed by atoms with Crippen molar-refractivity contribution in [3.63, 3.8) is 0 Å². The van der Waals surface area contributed by atoms with Gasteiger partial charge in [0.2, 0.25) is 0 Å². The Bertz CT molecular complexity index is 380. The van der Waals surface area contributed by atoms with Crippen LogP contribution in [0.3, 0.4) is 0 Å². The van der Waals surface area contributed by atoms with Crippen LogP contribution in [-0.4, -0.2) is 13.1 Å². The molecule has 1 rings (SSSR count). The number of methoxy groups -OCH3 is 1. The quantitative estimate of drug-likeness (QED) is 0.610. The number of alkyl halides is 1. The Hall–Kier alpha value is -0.0600. The van der Waals surface area contributed by atoms with Gasteiger partial charge in [-0.05, 0) is 23.3 Å². The Kier molecular flexibility index (Phi) is 5.09. The number of rotatable bonds is 3. The van der Waals surface area contributed by atoms with Gasteiger partial charge in [-0.2, -0.15) is 0 Å². The van der Waals surface area contributed by atoms with Crippen LogP contribution in [0.25, 0.3) is 0 Å². The summed E-state index contributed by atoms with van der Waals surface area (Å²) in [7, 11) is 1.37. The molecule has 5 heteroatoms. The number of ether oxygens (including phenoxy) is 1. The van der Waals surface area contributed by atoms with Crippen molar-refractivity contribution in [1.82, 2.24) is 0 Å². The lowest BCUT2D eigenvalue weighted by Gasteiger charge is -2.08. The number of carbonyl (C=O) groups excluding carboxylic acids is 1. The fourth-order valence-corrected chi connectivity index (χ4v) is 2.75. The highest BCUT2D eigenvalue weighted by molar-refractivity contribution is 9.10. The molecule has 2 nitrogen and oxygen atoms in total. The van der Waals surface area contributed by atoms with E-state index in [4.69, 9.17) is 11.6 Å². The van der Waals surface area contributed by atoms with E-state index in [0.717, 1.165) is 15.6 Å². The lowest BCUT2D eigenvalue weighted by atomic mass is 10.1. The zero-order valence-electron chi connectivity index (χ0n) is 8.02. The van der Waals surface area contributed by atoms with Crippen LogP contribution in [0.5, 0.6) is 0 Å². The molecule has 0 radical (unpaired) electrons. The van der Waals surface area contributed by atoms with E-state index < -0.39 is 0 Å². The Labute approximate surface area is 110 Å². The predicted molar refractivity (Wildman–Crippen MR) is 67.5 cm³/mol. The molecule has 0 saturated carbocycles. The Morgan fingerprint density at radius 3 is 2.60 bits per heavy atom. The van der Waals surface area contributed by atoms with Gasteiger partial charge in [-0.3, -0.25) is 4.79 Å². The molecule has 0 aliphatic carbocycles. The second kappa shape index (κ2) is 5.87. The minimum absolute atomic E-state index is 0.220. The second-order valence-electron chi connectivity index (χ2n) is 2.92. The van der Waals surface area contributed by atoms with Crippen LogP contribution in [0.15, 0.2) is 16.6 Å². The van der Waals surface area contributed by atoms with E-state index in [0.29, 0.717) is 10.4 Å². The fraction of sp³-hybridized carbons (Fsp3) is 0.300. The van der Waals surface area contributed by atoms with Gasteiger partial charge in [0, 0.05) is 14.8 Å². The first-order valence-corrected chi connectivity index (χ1v) is 6.47. The van der Waals surface area contributed by atoms with Crippen LogP contribution < -0.4 is 0 Å². The molecular formula is C10H9Br2ClO2. The Morgan fingerprint density at radius 2 is 2.07 bits per heavy atom. The highest BCUT2D eigenvalue weighted by Gasteiger charge is 2.11. The average Bonchev–Trinajstić information content (AvgIpc) is 2.22. The SMILES string of the molecule is COC(=O)Cc1cc(Cl)cc(CBr)c1Br. The van der Waals surface area contributed by atoms with Crippen LogP contribution in [0.2, 0.25) is 5.02 Å². The van der Waals surface area contributed by atoms with Gasteiger partial charge in [0.1, 0.15) is 0 Å². The number of halogens is 3. The van der Waals surface area contributed by atoms with Crippen LogP contribution in [0, 0.1) is 0 Å². The molecule has 0 aromatic heterocycles. The first kappa shape index (κ1) is 13.0. The van der Waals surface area contributed by atoms with Gasteiger partial charge in [-0.1, -0.05) is 43.5 Å². The zero-order chi connectivity index (χ0) is 11.4. The molecule has 0 fully saturated rings. The van der Waals surface area contributed by atoms with Gasteiger partial charge in [0.25, 0.3) is 0 Å². The molecule has 0 N–H and O–H groups in total. The fourth-order valence-electron chi connectivity index (χ4n) is 1.16. The van der Waals surface area contributed by atoms with Gasteiger partial charge in [0.15, 0.2) is 0 Å². The van der Waals surface area contributed by atoms with E-state index in [1.54, 1.807) is 6.07 Å². The van der Waals surface area contributed by atoms with E-state index >= 15 is 0 Å². The van der Waals surface area contributed by atoms with E-state index in [1.165, 1.54) is 7.11 Å². The smallest absolute Gasteiger partial charge is 0.310 e. The molecule has 0 amide bonds. The van der Waals surface area contributed by atoms with Crippen LogP contribution in [0.1, 0.15) is 11.1 Å². The molecule has 0 saturated heterocycles. The average molecular weight is 356 g/mol. The molecule has 0 aliphatic heterocycles. The van der Waals surface area contributed by atoms with Crippen LogP contribution >= 0.6 is 43.5 Å². The van der Waals surface area contributed by atoms with Gasteiger partial charge >= 0.3 is 5.97 Å². The molecule has 0 aliphatic rings. The van der Waals surface area contributed by atoms with Crippen molar-refractivity contribution in [1.29, 1.82) is 0 Å². The van der Waals surface area contributed by atoms with Crippen LogP contribution in [0.4, 0.5) is 0 Å². The third-order valence-corrected chi connectivity index (χ3v) is 3.74. The van der Waals surface area contributed by atoms with Gasteiger partial charge < -0.3 is 4.74 Å². The monoisotopic (exact) mass is 354 g/mol. The highest BCUT2D eigenvalue weighted by Crippen LogP contribution is 2.28. The van der Waals surface area contributed by atoms with Crippen molar-refractivity contribution in [3.8, 4) is 0 Å². The number of hydrogen-bond acceptors (Lipinski definition) is 2. The maximum atomic E-state index is 11.1. The first-order chi connectivity index (χ1) is 7.08. The van der Waals surface area contributed by atoms with Crippen molar-refractivity contribution in [2.45, 2.75) is 11.8 Å². The largest absolute Gasteiger partial charge is 0.469 e. The summed E-state index contributed by atoms with van der Waals surface area (Å²) in [4.78, 5) is 11.1. The minimum atomic E-state index is -0.279. The van der Waals surface area contributed by atoms with E-state index in [2.05, 4.69) is 36.6 Å². The van der Waals surface area contributed by atoms with Crippen LogP contribution in [-0.2, 0) is 21.3 Å². The molecule has 0 unspecified atom stereocenters. The molecule has 15 heavy (non-hydrogen) atoms. The summed E-state index contributed by atoms with van der Waals surface area (Å²) >= 11 is 12.7. The first-order valence-electron chi connectivity index (χ1n) is 4.18. The van der Waals surface area contributed by atoms with Crippen molar-refractivity contribution in [2.24, 2.45) is 0 Å². The Morgan fingerprint density at radius 1 is 1.47 bits per heavy atom. The number of carbonyl (C=O) groups is 1. The summed E-state index contributed by atoms with van der Waals surface area (Å²) in [6.07, 6.45) is 0.220. The van der Waals surface area contributed by atoms with E-state index in [-0.39, 0.29) is 12.4 Å². The summed E-state index contributed by atoms with van der Waals surface area (Å²) < 4.78 is 5.51. The summed E-state index contributed by atoms with van der Waals surface area (Å²) in [6.45, 7) is 0. The van der Waals surface area contributed by atoms with Gasteiger partial charge in [0.05, 0.1) is 13.5 Å². The zero-order valence-corrected chi connectivity index (χ0v) is 11.9. The predicted octanol–water partition coefficient (Wildman–Crippen LogP) is 3.71. The van der Waals surface area contributed by atoms with Crippen molar-refractivity contribution in [3.05, 3.63) is 32.8 Å². The molecular weight excluding hydrogens is 347 g/mol. The Balaban J connectivity index is 3.06. The summed E-state index contributed by atoms with van der Waals surface area (Å²) in [5.41, 5.74) is 1.85. The molecule has 1 aromatic carbocycles. The maximum Gasteiger partial charge on any atom is 0.310 e. The normalized spacial score (nSPS) is 10.1. The third kappa shape index (κ3) is 3.47.